The van der Waals surface area contributed by atoms with Crippen LogP contribution in [0.1, 0.15) is 32.3 Å². The van der Waals surface area contributed by atoms with Crippen molar-refractivity contribution in [2.45, 2.75) is 43.5 Å². The SMILES string of the molecule is CCC(CC)(CO)NS(=O)(=O)c1ccc2c(c1)CC(=O)N2. The summed E-state index contributed by atoms with van der Waals surface area (Å²) in [7, 11) is -3.74. The van der Waals surface area contributed by atoms with Crippen LogP contribution in [0.5, 0.6) is 0 Å². The van der Waals surface area contributed by atoms with Crippen LogP contribution in [0.4, 0.5) is 5.69 Å². The average Bonchev–Trinajstić information content (AvgIpc) is 2.84. The van der Waals surface area contributed by atoms with Crippen molar-refractivity contribution in [1.29, 1.82) is 0 Å². The molecule has 0 fully saturated rings. The molecule has 0 saturated heterocycles. The molecule has 1 heterocycles. The van der Waals surface area contributed by atoms with Crippen LogP contribution in [0.15, 0.2) is 23.1 Å². The number of aliphatic hydroxyl groups excluding tert-OH is 1. The molecule has 0 bridgehead atoms. The van der Waals surface area contributed by atoms with E-state index >= 15 is 0 Å². The Morgan fingerprint density at radius 3 is 2.57 bits per heavy atom. The highest BCUT2D eigenvalue weighted by molar-refractivity contribution is 7.89. The van der Waals surface area contributed by atoms with Crippen molar-refractivity contribution >= 4 is 21.6 Å². The van der Waals surface area contributed by atoms with Crippen molar-refractivity contribution in [2.24, 2.45) is 0 Å². The standard InChI is InChI=1S/C14H20N2O4S/c1-3-14(4-2,9-17)16-21(19,20)11-5-6-12-10(7-11)8-13(18)15-12/h5-7,16-17H,3-4,8-9H2,1-2H3,(H,15,18). The Morgan fingerprint density at radius 1 is 1.33 bits per heavy atom. The third-order valence-corrected chi connectivity index (χ3v) is 5.60. The van der Waals surface area contributed by atoms with Gasteiger partial charge in [-0.05, 0) is 36.6 Å². The van der Waals surface area contributed by atoms with Crippen molar-refractivity contribution in [2.75, 3.05) is 11.9 Å². The van der Waals surface area contributed by atoms with Crippen molar-refractivity contribution in [1.82, 2.24) is 4.72 Å². The monoisotopic (exact) mass is 312 g/mol. The first-order valence-electron chi connectivity index (χ1n) is 6.93. The van der Waals surface area contributed by atoms with E-state index in [1.807, 2.05) is 13.8 Å². The zero-order chi connectivity index (χ0) is 15.7. The van der Waals surface area contributed by atoms with Gasteiger partial charge in [0.2, 0.25) is 15.9 Å². The quantitative estimate of drug-likeness (QED) is 0.730. The molecular formula is C14H20N2O4S. The maximum absolute atomic E-state index is 12.5. The molecule has 0 atom stereocenters. The molecule has 1 amide bonds. The summed E-state index contributed by atoms with van der Waals surface area (Å²) in [5, 5.41) is 12.2. The van der Waals surface area contributed by atoms with Gasteiger partial charge in [-0.15, -0.1) is 0 Å². The number of carbonyl (C=O) groups excluding carboxylic acids is 1. The van der Waals surface area contributed by atoms with Crippen molar-refractivity contribution < 1.29 is 18.3 Å². The Kier molecular flexibility index (Phi) is 4.36. The minimum Gasteiger partial charge on any atom is -0.394 e. The largest absolute Gasteiger partial charge is 0.394 e. The van der Waals surface area contributed by atoms with Crippen LogP contribution in [0.2, 0.25) is 0 Å². The molecule has 6 nitrogen and oxygen atoms in total. The molecule has 0 unspecified atom stereocenters. The lowest BCUT2D eigenvalue weighted by atomic mass is 9.96. The molecule has 0 radical (unpaired) electrons. The number of amides is 1. The molecule has 1 aromatic carbocycles. The number of nitrogens with one attached hydrogen (secondary N) is 2. The van der Waals surface area contributed by atoms with Gasteiger partial charge in [-0.25, -0.2) is 13.1 Å². The molecule has 0 spiro atoms. The smallest absolute Gasteiger partial charge is 0.241 e. The summed E-state index contributed by atoms with van der Waals surface area (Å²) >= 11 is 0. The number of benzene rings is 1. The highest BCUT2D eigenvalue weighted by Crippen LogP contribution is 2.27. The molecule has 0 saturated carbocycles. The van der Waals surface area contributed by atoms with Gasteiger partial charge in [0.25, 0.3) is 0 Å². The number of hydrogen-bond acceptors (Lipinski definition) is 4. The summed E-state index contributed by atoms with van der Waals surface area (Å²) in [6.07, 6.45) is 1.17. The van der Waals surface area contributed by atoms with Gasteiger partial charge in [-0.3, -0.25) is 4.79 Å². The number of aliphatic hydroxyl groups is 1. The fraction of sp³-hybridized carbons (Fsp3) is 0.500. The normalized spacial score (nSPS) is 14.9. The van der Waals surface area contributed by atoms with E-state index in [-0.39, 0.29) is 23.8 Å². The van der Waals surface area contributed by atoms with Gasteiger partial charge in [0.15, 0.2) is 0 Å². The third-order valence-electron chi connectivity index (χ3n) is 4.02. The predicted octanol–water partition coefficient (Wildman–Crippen LogP) is 1.01. The Morgan fingerprint density at radius 2 is 2.00 bits per heavy atom. The van der Waals surface area contributed by atoms with E-state index in [9.17, 15) is 18.3 Å². The van der Waals surface area contributed by atoms with Gasteiger partial charge in [0.05, 0.1) is 23.5 Å². The second-order valence-corrected chi connectivity index (χ2v) is 6.98. The summed E-state index contributed by atoms with van der Waals surface area (Å²) in [5.74, 6) is -0.140. The summed E-state index contributed by atoms with van der Waals surface area (Å²) in [5.41, 5.74) is 0.468. The third kappa shape index (κ3) is 3.09. The highest BCUT2D eigenvalue weighted by atomic mass is 32.2. The van der Waals surface area contributed by atoms with Gasteiger partial charge in [0.1, 0.15) is 0 Å². The first kappa shape index (κ1) is 15.9. The number of fused-ring (bicyclic) bond motifs is 1. The van der Waals surface area contributed by atoms with Gasteiger partial charge in [-0.1, -0.05) is 13.8 Å². The number of carbonyl (C=O) groups is 1. The lowest BCUT2D eigenvalue weighted by Gasteiger charge is -2.30. The first-order valence-corrected chi connectivity index (χ1v) is 8.42. The van der Waals surface area contributed by atoms with Crippen LogP contribution < -0.4 is 10.0 Å². The lowest BCUT2D eigenvalue weighted by molar-refractivity contribution is -0.115. The summed E-state index contributed by atoms with van der Waals surface area (Å²) in [6.45, 7) is 3.39. The van der Waals surface area contributed by atoms with Crippen LogP contribution in [0, 0.1) is 0 Å². The van der Waals surface area contributed by atoms with Crippen LogP contribution in [-0.4, -0.2) is 31.6 Å². The summed E-state index contributed by atoms with van der Waals surface area (Å²) in [6, 6.07) is 4.55. The number of hydrogen-bond donors (Lipinski definition) is 3. The fourth-order valence-corrected chi connectivity index (χ4v) is 3.95. The molecule has 2 rings (SSSR count). The summed E-state index contributed by atoms with van der Waals surface area (Å²) in [4.78, 5) is 11.4. The van der Waals surface area contributed by atoms with Crippen molar-refractivity contribution in [3.05, 3.63) is 23.8 Å². The lowest BCUT2D eigenvalue weighted by Crippen LogP contribution is -2.50. The predicted molar refractivity (Wildman–Crippen MR) is 79.5 cm³/mol. The van der Waals surface area contributed by atoms with Crippen LogP contribution in [0.25, 0.3) is 0 Å². The molecule has 1 aliphatic rings. The maximum Gasteiger partial charge on any atom is 0.241 e. The highest BCUT2D eigenvalue weighted by Gasteiger charge is 2.32. The Labute approximate surface area is 124 Å². The van der Waals surface area contributed by atoms with E-state index in [2.05, 4.69) is 10.0 Å². The summed E-state index contributed by atoms with van der Waals surface area (Å²) < 4.78 is 27.5. The molecule has 1 aliphatic heterocycles. The molecule has 116 valence electrons. The molecule has 0 aromatic heterocycles. The average molecular weight is 312 g/mol. The van der Waals surface area contributed by atoms with Gasteiger partial charge < -0.3 is 10.4 Å². The van der Waals surface area contributed by atoms with E-state index in [0.717, 1.165) is 0 Å². The molecule has 1 aromatic rings. The van der Waals surface area contributed by atoms with Crippen LogP contribution >= 0.6 is 0 Å². The number of sulfonamides is 1. The molecule has 7 heteroatoms. The fourth-order valence-electron chi connectivity index (χ4n) is 2.37. The minimum atomic E-state index is -3.74. The zero-order valence-electron chi connectivity index (χ0n) is 12.1. The van der Waals surface area contributed by atoms with Gasteiger partial charge in [-0.2, -0.15) is 0 Å². The van der Waals surface area contributed by atoms with Crippen molar-refractivity contribution in [3.63, 3.8) is 0 Å². The molecule has 0 aliphatic carbocycles. The van der Waals surface area contributed by atoms with E-state index in [4.69, 9.17) is 0 Å². The number of rotatable bonds is 6. The van der Waals surface area contributed by atoms with Gasteiger partial charge >= 0.3 is 0 Å². The van der Waals surface area contributed by atoms with Crippen molar-refractivity contribution in [3.8, 4) is 0 Å². The zero-order valence-corrected chi connectivity index (χ0v) is 13.0. The van der Waals surface area contributed by atoms with E-state index in [1.54, 1.807) is 6.07 Å². The Hall–Kier alpha value is -1.44. The van der Waals surface area contributed by atoms with E-state index in [1.165, 1.54) is 12.1 Å². The maximum atomic E-state index is 12.5. The van der Waals surface area contributed by atoms with E-state index in [0.29, 0.717) is 24.1 Å². The Balaban J connectivity index is 2.33. The minimum absolute atomic E-state index is 0.109. The van der Waals surface area contributed by atoms with Gasteiger partial charge in [0, 0.05) is 5.69 Å². The van der Waals surface area contributed by atoms with Crippen LogP contribution in [0.3, 0.4) is 0 Å². The second-order valence-electron chi connectivity index (χ2n) is 5.29. The topological polar surface area (TPSA) is 95.5 Å². The molecular weight excluding hydrogens is 292 g/mol. The van der Waals surface area contributed by atoms with Crippen LogP contribution in [-0.2, 0) is 21.2 Å². The Bertz CT molecular complexity index is 643. The number of anilines is 1. The first-order chi connectivity index (χ1) is 9.85. The molecule has 21 heavy (non-hydrogen) atoms. The molecule has 3 N–H and O–H groups in total. The van der Waals surface area contributed by atoms with E-state index < -0.39 is 15.6 Å². The second kappa shape index (κ2) is 5.75.